The van der Waals surface area contributed by atoms with Crippen LogP contribution in [-0.4, -0.2) is 57.7 Å². The summed E-state index contributed by atoms with van der Waals surface area (Å²) in [5.41, 5.74) is 7.02. The number of likely N-dealkylation sites (tertiary alicyclic amines) is 1. The Labute approximate surface area is 188 Å². The Hall–Kier alpha value is -3.26. The second kappa shape index (κ2) is 10.9. The molecule has 8 heteroatoms. The first-order valence-corrected chi connectivity index (χ1v) is 10.7. The van der Waals surface area contributed by atoms with E-state index in [4.69, 9.17) is 19.9 Å². The summed E-state index contributed by atoms with van der Waals surface area (Å²) in [5, 5.41) is 0. The molecule has 1 heterocycles. The second-order valence-corrected chi connectivity index (χ2v) is 7.67. The molecule has 32 heavy (non-hydrogen) atoms. The summed E-state index contributed by atoms with van der Waals surface area (Å²) in [6.45, 7) is 1.19. The first-order chi connectivity index (χ1) is 15.5. The lowest BCUT2D eigenvalue weighted by molar-refractivity contribution is -0.120. The van der Waals surface area contributed by atoms with Crippen LogP contribution < -0.4 is 24.8 Å². The van der Waals surface area contributed by atoms with Crippen LogP contribution in [-0.2, 0) is 9.59 Å². The van der Waals surface area contributed by atoms with Gasteiger partial charge >= 0.3 is 0 Å². The largest absolute Gasteiger partial charge is 0.497 e. The van der Waals surface area contributed by atoms with Crippen molar-refractivity contribution in [2.75, 3.05) is 45.9 Å². The van der Waals surface area contributed by atoms with Gasteiger partial charge in [0.25, 0.3) is 0 Å². The number of ether oxygens (including phenoxy) is 3. The molecule has 0 aromatic heterocycles. The Kier molecular flexibility index (Phi) is 7.94. The third-order valence-corrected chi connectivity index (χ3v) is 5.76. The number of benzene rings is 2. The molecule has 8 nitrogen and oxygen atoms in total. The van der Waals surface area contributed by atoms with E-state index in [1.165, 1.54) is 0 Å². The average molecular weight is 442 g/mol. The fourth-order valence-electron chi connectivity index (χ4n) is 4.17. The molecule has 2 N–H and O–H groups in total. The monoisotopic (exact) mass is 441 g/mol. The molecule has 172 valence electrons. The van der Waals surface area contributed by atoms with Crippen LogP contribution in [0.3, 0.4) is 0 Å². The molecule has 1 fully saturated rings. The van der Waals surface area contributed by atoms with Crippen molar-refractivity contribution in [3.63, 3.8) is 0 Å². The van der Waals surface area contributed by atoms with Crippen LogP contribution in [0, 0.1) is 0 Å². The highest BCUT2D eigenvalue weighted by molar-refractivity contribution is 5.96. The zero-order valence-corrected chi connectivity index (χ0v) is 18.9. The van der Waals surface area contributed by atoms with Crippen molar-refractivity contribution in [2.45, 2.75) is 25.3 Å². The van der Waals surface area contributed by atoms with Gasteiger partial charge in [-0.3, -0.25) is 14.5 Å². The highest BCUT2D eigenvalue weighted by Gasteiger charge is 2.32. The number of hydrogen-bond donors (Lipinski definition) is 1. The summed E-state index contributed by atoms with van der Waals surface area (Å²) in [4.78, 5) is 28.6. The average Bonchev–Trinajstić information content (AvgIpc) is 3.26. The van der Waals surface area contributed by atoms with Crippen LogP contribution in [0.25, 0.3) is 0 Å². The molecule has 0 unspecified atom stereocenters. The molecule has 1 aliphatic rings. The topological polar surface area (TPSA) is 94.3 Å². The lowest BCUT2D eigenvalue weighted by atomic mass is 10.0. The highest BCUT2D eigenvalue weighted by Crippen LogP contribution is 2.39. The fourth-order valence-corrected chi connectivity index (χ4v) is 4.17. The Morgan fingerprint density at radius 3 is 2.50 bits per heavy atom. The molecule has 1 atom stereocenters. The zero-order valence-electron chi connectivity index (χ0n) is 18.9. The van der Waals surface area contributed by atoms with Gasteiger partial charge < -0.3 is 24.8 Å². The normalized spacial score (nSPS) is 15.9. The number of carbonyl (C=O) groups excluding carboxylic acids is 2. The predicted molar refractivity (Wildman–Crippen MR) is 122 cm³/mol. The van der Waals surface area contributed by atoms with Crippen LogP contribution in [0.15, 0.2) is 42.5 Å². The van der Waals surface area contributed by atoms with E-state index in [0.717, 1.165) is 36.4 Å². The summed E-state index contributed by atoms with van der Waals surface area (Å²) >= 11 is 0. The van der Waals surface area contributed by atoms with E-state index < -0.39 is 5.91 Å². The Balaban J connectivity index is 1.84. The standard InChI is InChI=1S/C24H31N3O5/c1-30-17-10-11-18(22(15-17)32-3)19-8-6-13-26(19)16-24(29)27(14-12-23(25)28)20-7-4-5-9-21(20)31-2/h4-5,7,9-11,15,19H,6,8,12-14,16H2,1-3H3,(H2,25,28)/t19-/m0/s1. The maximum absolute atomic E-state index is 13.4. The van der Waals surface area contributed by atoms with Crippen molar-refractivity contribution in [2.24, 2.45) is 5.73 Å². The number of methoxy groups -OCH3 is 3. The van der Waals surface area contributed by atoms with Gasteiger partial charge in [-0.25, -0.2) is 0 Å². The number of nitrogens with two attached hydrogens (primary N) is 1. The van der Waals surface area contributed by atoms with Gasteiger partial charge in [0, 0.05) is 30.6 Å². The number of hydrogen-bond acceptors (Lipinski definition) is 6. The molecule has 2 amide bonds. The predicted octanol–water partition coefficient (Wildman–Crippen LogP) is 2.76. The maximum atomic E-state index is 13.4. The molecule has 0 radical (unpaired) electrons. The Morgan fingerprint density at radius 2 is 1.81 bits per heavy atom. The van der Waals surface area contributed by atoms with E-state index >= 15 is 0 Å². The van der Waals surface area contributed by atoms with E-state index in [2.05, 4.69) is 4.90 Å². The smallest absolute Gasteiger partial charge is 0.241 e. The quantitative estimate of drug-likeness (QED) is 0.609. The van der Waals surface area contributed by atoms with E-state index in [1.807, 2.05) is 36.4 Å². The molecule has 0 spiro atoms. The number of nitrogens with zero attached hydrogens (tertiary/aromatic N) is 2. The van der Waals surface area contributed by atoms with Crippen molar-refractivity contribution in [1.82, 2.24) is 4.90 Å². The fraction of sp³-hybridized carbons (Fsp3) is 0.417. The van der Waals surface area contributed by atoms with Gasteiger partial charge in [-0.05, 0) is 37.6 Å². The van der Waals surface area contributed by atoms with Crippen LogP contribution in [0.5, 0.6) is 17.2 Å². The van der Waals surface area contributed by atoms with Crippen molar-refractivity contribution >= 4 is 17.5 Å². The van der Waals surface area contributed by atoms with Crippen molar-refractivity contribution in [3.8, 4) is 17.2 Å². The second-order valence-electron chi connectivity index (χ2n) is 7.67. The summed E-state index contributed by atoms with van der Waals surface area (Å²) in [5.74, 6) is 1.46. The number of para-hydroxylation sites is 2. The summed E-state index contributed by atoms with van der Waals surface area (Å²) in [6.07, 6.45) is 1.97. The Morgan fingerprint density at radius 1 is 1.06 bits per heavy atom. The third-order valence-electron chi connectivity index (χ3n) is 5.76. The molecule has 3 rings (SSSR count). The van der Waals surface area contributed by atoms with Crippen molar-refractivity contribution < 1.29 is 23.8 Å². The van der Waals surface area contributed by atoms with Crippen LogP contribution in [0.4, 0.5) is 5.69 Å². The lowest BCUT2D eigenvalue weighted by Gasteiger charge is -2.30. The SMILES string of the molecule is COc1ccc([C@@H]2CCCN2CC(=O)N(CCC(N)=O)c2ccccc2OC)c(OC)c1. The van der Waals surface area contributed by atoms with Gasteiger partial charge in [-0.15, -0.1) is 0 Å². The highest BCUT2D eigenvalue weighted by atomic mass is 16.5. The Bertz CT molecular complexity index is 949. The number of carbonyl (C=O) groups is 2. The van der Waals surface area contributed by atoms with Gasteiger partial charge in [-0.2, -0.15) is 0 Å². The van der Waals surface area contributed by atoms with Crippen molar-refractivity contribution in [3.05, 3.63) is 48.0 Å². The number of rotatable bonds is 10. The number of amides is 2. The summed E-state index contributed by atoms with van der Waals surface area (Å²) < 4.78 is 16.3. The molecule has 1 aliphatic heterocycles. The van der Waals surface area contributed by atoms with Crippen LogP contribution in [0.2, 0.25) is 0 Å². The van der Waals surface area contributed by atoms with Gasteiger partial charge in [0.2, 0.25) is 11.8 Å². The molecular weight excluding hydrogens is 410 g/mol. The third kappa shape index (κ3) is 5.31. The molecule has 2 aromatic carbocycles. The van der Waals surface area contributed by atoms with E-state index in [9.17, 15) is 9.59 Å². The summed E-state index contributed by atoms with van der Waals surface area (Å²) in [6, 6.07) is 13.1. The van der Waals surface area contributed by atoms with E-state index in [0.29, 0.717) is 11.4 Å². The van der Waals surface area contributed by atoms with Crippen LogP contribution >= 0.6 is 0 Å². The summed E-state index contributed by atoms with van der Waals surface area (Å²) in [7, 11) is 4.81. The minimum absolute atomic E-state index is 0.0514. The number of primary amides is 1. The van der Waals surface area contributed by atoms with Gasteiger partial charge in [-0.1, -0.05) is 18.2 Å². The van der Waals surface area contributed by atoms with Crippen LogP contribution in [0.1, 0.15) is 30.9 Å². The lowest BCUT2D eigenvalue weighted by Crippen LogP contribution is -2.42. The maximum Gasteiger partial charge on any atom is 0.241 e. The van der Waals surface area contributed by atoms with E-state index in [1.54, 1.807) is 32.3 Å². The molecule has 1 saturated heterocycles. The molecule has 0 bridgehead atoms. The molecular formula is C24H31N3O5. The van der Waals surface area contributed by atoms with Crippen molar-refractivity contribution in [1.29, 1.82) is 0 Å². The van der Waals surface area contributed by atoms with Gasteiger partial charge in [0.1, 0.15) is 17.2 Å². The minimum Gasteiger partial charge on any atom is -0.497 e. The molecule has 0 aliphatic carbocycles. The first kappa shape index (κ1) is 23.4. The number of anilines is 1. The molecule has 0 saturated carbocycles. The molecule has 2 aromatic rings. The minimum atomic E-state index is -0.459. The van der Waals surface area contributed by atoms with Gasteiger partial charge in [0.15, 0.2) is 0 Å². The van der Waals surface area contributed by atoms with E-state index in [-0.39, 0.29) is 31.5 Å². The first-order valence-electron chi connectivity index (χ1n) is 10.7. The zero-order chi connectivity index (χ0) is 23.1. The van der Waals surface area contributed by atoms with Gasteiger partial charge in [0.05, 0.1) is 33.6 Å².